The topological polar surface area (TPSA) is 46.5 Å². The number of ether oxygens (including phenoxy) is 1. The molecule has 2 rings (SSSR count). The Morgan fingerprint density at radius 2 is 2.11 bits per heavy atom. The number of allylic oxidation sites excluding steroid dienone is 1. The highest BCUT2D eigenvalue weighted by Crippen LogP contribution is 2.19. The van der Waals surface area contributed by atoms with Crippen LogP contribution < -0.4 is 10.2 Å². The summed E-state index contributed by atoms with van der Waals surface area (Å²) in [6, 6.07) is 3.03. The van der Waals surface area contributed by atoms with Crippen molar-refractivity contribution in [2.45, 2.75) is 19.0 Å². The molecule has 1 aliphatic heterocycles. The van der Waals surface area contributed by atoms with Crippen molar-refractivity contribution in [3.05, 3.63) is 36.3 Å². The van der Waals surface area contributed by atoms with Gasteiger partial charge in [0.15, 0.2) is 6.61 Å². The van der Waals surface area contributed by atoms with E-state index in [1.165, 1.54) is 12.3 Å². The molecular formula is C12H12F3N3O. The molecule has 1 aliphatic rings. The highest BCUT2D eigenvalue weighted by atomic mass is 19.4. The minimum atomic E-state index is -4.35. The van der Waals surface area contributed by atoms with Crippen molar-refractivity contribution in [3.63, 3.8) is 0 Å². The summed E-state index contributed by atoms with van der Waals surface area (Å²) < 4.78 is 40.5. The van der Waals surface area contributed by atoms with E-state index in [9.17, 15) is 13.2 Å². The van der Waals surface area contributed by atoms with Crippen LogP contribution >= 0.6 is 0 Å². The molecule has 0 radical (unpaired) electrons. The number of nitrogens with one attached hydrogen (secondary N) is 1. The summed E-state index contributed by atoms with van der Waals surface area (Å²) in [5.41, 5.74) is 4.95. The average molecular weight is 271 g/mol. The van der Waals surface area contributed by atoms with Crippen LogP contribution in [0.4, 0.5) is 13.2 Å². The second kappa shape index (κ2) is 5.29. The van der Waals surface area contributed by atoms with E-state index in [2.05, 4.69) is 26.8 Å². The lowest BCUT2D eigenvalue weighted by Crippen LogP contribution is -2.20. The summed E-state index contributed by atoms with van der Waals surface area (Å²) in [6.45, 7) is 2.42. The highest BCUT2D eigenvalue weighted by molar-refractivity contribution is 5.99. The van der Waals surface area contributed by atoms with Gasteiger partial charge in [0, 0.05) is 5.70 Å². The summed E-state index contributed by atoms with van der Waals surface area (Å²) in [7, 11) is 0. The van der Waals surface area contributed by atoms with Crippen molar-refractivity contribution in [3.8, 4) is 5.75 Å². The number of hydrazone groups is 1. The molecule has 4 nitrogen and oxygen atoms in total. The van der Waals surface area contributed by atoms with Crippen LogP contribution in [0.3, 0.4) is 0 Å². The zero-order valence-electron chi connectivity index (χ0n) is 10.00. The van der Waals surface area contributed by atoms with Crippen molar-refractivity contribution in [1.82, 2.24) is 10.4 Å². The van der Waals surface area contributed by atoms with Gasteiger partial charge in [0.25, 0.3) is 0 Å². The quantitative estimate of drug-likeness (QED) is 0.919. The average Bonchev–Trinajstić information content (AvgIpc) is 2.37. The number of rotatable bonds is 3. The molecule has 0 bridgehead atoms. The molecule has 1 aromatic rings. The van der Waals surface area contributed by atoms with Crippen molar-refractivity contribution in [2.75, 3.05) is 6.61 Å². The van der Waals surface area contributed by atoms with Gasteiger partial charge in [-0.15, -0.1) is 0 Å². The fourth-order valence-corrected chi connectivity index (χ4v) is 1.51. The van der Waals surface area contributed by atoms with Crippen molar-refractivity contribution in [2.24, 2.45) is 5.10 Å². The van der Waals surface area contributed by atoms with E-state index in [4.69, 9.17) is 0 Å². The van der Waals surface area contributed by atoms with E-state index in [0.29, 0.717) is 12.1 Å². The molecule has 7 heteroatoms. The van der Waals surface area contributed by atoms with Crippen LogP contribution in [0.5, 0.6) is 5.75 Å². The van der Waals surface area contributed by atoms with Crippen LogP contribution in [-0.4, -0.2) is 23.5 Å². The van der Waals surface area contributed by atoms with Crippen LogP contribution in [0, 0.1) is 0 Å². The van der Waals surface area contributed by atoms with E-state index in [1.54, 1.807) is 6.07 Å². The maximum Gasteiger partial charge on any atom is 0.422 e. The molecule has 1 N–H and O–H groups in total. The molecule has 0 saturated carbocycles. The molecule has 0 aliphatic carbocycles. The maximum atomic E-state index is 12.0. The van der Waals surface area contributed by atoms with Crippen LogP contribution in [0.15, 0.2) is 35.7 Å². The lowest BCUT2D eigenvalue weighted by molar-refractivity contribution is -0.153. The Morgan fingerprint density at radius 1 is 1.32 bits per heavy atom. The van der Waals surface area contributed by atoms with Crippen LogP contribution in [0.25, 0.3) is 0 Å². The molecule has 0 fully saturated rings. The SMILES string of the molecule is C=C1CCC(c2ccc(OCC(F)(F)F)cn2)=NN1. The van der Waals surface area contributed by atoms with Gasteiger partial charge in [0.1, 0.15) is 5.75 Å². The molecule has 0 spiro atoms. The number of pyridine rings is 1. The Kier molecular flexibility index (Phi) is 3.73. The maximum absolute atomic E-state index is 12.0. The summed E-state index contributed by atoms with van der Waals surface area (Å²) >= 11 is 0. The standard InChI is InChI=1S/C12H12F3N3O/c1-8-2-4-11(18-17-8)10-5-3-9(6-16-10)19-7-12(13,14)15/h3,5-6,17H,1-2,4,7H2. The zero-order valence-corrected chi connectivity index (χ0v) is 10.00. The Morgan fingerprint density at radius 3 is 2.63 bits per heavy atom. The molecule has 0 atom stereocenters. The normalized spacial score (nSPS) is 15.7. The minimum Gasteiger partial charge on any atom is -0.483 e. The first-order valence-corrected chi connectivity index (χ1v) is 5.60. The molecule has 1 aromatic heterocycles. The molecule has 19 heavy (non-hydrogen) atoms. The summed E-state index contributed by atoms with van der Waals surface area (Å²) in [5.74, 6) is 0.0786. The fraction of sp³-hybridized carbons (Fsp3) is 0.333. The van der Waals surface area contributed by atoms with Gasteiger partial charge < -0.3 is 4.74 Å². The second-order valence-corrected chi connectivity index (χ2v) is 4.06. The first-order chi connectivity index (χ1) is 8.94. The highest BCUT2D eigenvalue weighted by Gasteiger charge is 2.28. The summed E-state index contributed by atoms with van der Waals surface area (Å²) in [4.78, 5) is 4.04. The fourth-order valence-electron chi connectivity index (χ4n) is 1.51. The van der Waals surface area contributed by atoms with Gasteiger partial charge in [-0.3, -0.25) is 10.4 Å². The predicted molar refractivity (Wildman–Crippen MR) is 63.8 cm³/mol. The largest absolute Gasteiger partial charge is 0.483 e. The van der Waals surface area contributed by atoms with Gasteiger partial charge in [-0.05, 0) is 25.0 Å². The van der Waals surface area contributed by atoms with Crippen LogP contribution in [-0.2, 0) is 0 Å². The molecule has 102 valence electrons. The third-order valence-electron chi connectivity index (χ3n) is 2.45. The van der Waals surface area contributed by atoms with E-state index in [1.807, 2.05) is 0 Å². The van der Waals surface area contributed by atoms with Gasteiger partial charge in [0.05, 0.1) is 17.6 Å². The van der Waals surface area contributed by atoms with Crippen molar-refractivity contribution >= 4 is 5.71 Å². The van der Waals surface area contributed by atoms with Crippen LogP contribution in [0.1, 0.15) is 18.5 Å². The molecule has 0 saturated heterocycles. The van der Waals surface area contributed by atoms with E-state index < -0.39 is 12.8 Å². The lowest BCUT2D eigenvalue weighted by atomic mass is 10.1. The molecule has 0 unspecified atom stereocenters. The lowest BCUT2D eigenvalue weighted by Gasteiger charge is -2.14. The van der Waals surface area contributed by atoms with Crippen LogP contribution in [0.2, 0.25) is 0 Å². The minimum absolute atomic E-state index is 0.0786. The first kappa shape index (κ1) is 13.4. The van der Waals surface area contributed by atoms with Crippen molar-refractivity contribution < 1.29 is 17.9 Å². The van der Waals surface area contributed by atoms with E-state index in [0.717, 1.165) is 17.8 Å². The molecular weight excluding hydrogens is 259 g/mol. The number of alkyl halides is 3. The number of nitrogens with zero attached hydrogens (tertiary/aromatic N) is 2. The Labute approximate surface area is 108 Å². The number of hydrogen-bond acceptors (Lipinski definition) is 4. The predicted octanol–water partition coefficient (Wildman–Crippen LogP) is 2.62. The van der Waals surface area contributed by atoms with E-state index >= 15 is 0 Å². The van der Waals surface area contributed by atoms with Gasteiger partial charge in [-0.25, -0.2) is 0 Å². The zero-order chi connectivity index (χ0) is 13.9. The molecule has 2 heterocycles. The van der Waals surface area contributed by atoms with Gasteiger partial charge in [-0.2, -0.15) is 18.3 Å². The summed E-state index contributed by atoms with van der Waals surface area (Å²) in [6.07, 6.45) is -1.64. The smallest absolute Gasteiger partial charge is 0.422 e. The third-order valence-corrected chi connectivity index (χ3v) is 2.45. The Balaban J connectivity index is 2.00. The van der Waals surface area contributed by atoms with Gasteiger partial charge in [0.2, 0.25) is 0 Å². The first-order valence-electron chi connectivity index (χ1n) is 5.60. The monoisotopic (exact) mass is 271 g/mol. The van der Waals surface area contributed by atoms with Crippen molar-refractivity contribution in [1.29, 1.82) is 0 Å². The molecule has 0 aromatic carbocycles. The second-order valence-electron chi connectivity index (χ2n) is 4.06. The summed E-state index contributed by atoms with van der Waals surface area (Å²) in [5, 5.41) is 4.08. The third kappa shape index (κ3) is 3.97. The van der Waals surface area contributed by atoms with E-state index in [-0.39, 0.29) is 5.75 Å². The number of hydrogen-bond donors (Lipinski definition) is 1. The Bertz CT molecular complexity index is 494. The van der Waals surface area contributed by atoms with Gasteiger partial charge >= 0.3 is 6.18 Å². The number of halogens is 3. The molecule has 0 amide bonds. The van der Waals surface area contributed by atoms with Gasteiger partial charge in [-0.1, -0.05) is 6.58 Å². The Hall–Kier alpha value is -2.05. The number of aromatic nitrogens is 1.